The van der Waals surface area contributed by atoms with E-state index in [1.54, 1.807) is 18.2 Å². The van der Waals surface area contributed by atoms with Crippen LogP contribution in [-0.4, -0.2) is 56.5 Å². The highest BCUT2D eigenvalue weighted by atomic mass is 16.6. The maximum Gasteiger partial charge on any atom is 0.408 e. The lowest BCUT2D eigenvalue weighted by Gasteiger charge is -2.29. The van der Waals surface area contributed by atoms with Gasteiger partial charge < -0.3 is 30.2 Å². The number of ether oxygens (including phenoxy) is 3. The fraction of sp³-hybridized carbons (Fsp3) is 0.591. The maximum atomic E-state index is 12.1. The quantitative estimate of drug-likeness (QED) is 0.326. The first-order valence-electron chi connectivity index (χ1n) is 10.2. The van der Waals surface area contributed by atoms with Gasteiger partial charge in [-0.1, -0.05) is 6.07 Å². The van der Waals surface area contributed by atoms with Gasteiger partial charge >= 0.3 is 12.1 Å². The fourth-order valence-electron chi connectivity index (χ4n) is 2.55. The van der Waals surface area contributed by atoms with Crippen LogP contribution in [-0.2, 0) is 16.0 Å². The second-order valence-corrected chi connectivity index (χ2v) is 8.59. The first-order valence-corrected chi connectivity index (χ1v) is 10.2. The molecule has 1 aromatic carbocycles. The molecule has 1 amide bonds. The Morgan fingerprint density at radius 3 is 2.29 bits per heavy atom. The molecule has 9 nitrogen and oxygen atoms in total. The lowest BCUT2D eigenvalue weighted by Crippen LogP contribution is -2.54. The summed E-state index contributed by atoms with van der Waals surface area (Å²) in [4.78, 5) is 28.4. The molecule has 0 saturated carbocycles. The van der Waals surface area contributed by atoms with Crippen molar-refractivity contribution in [3.63, 3.8) is 0 Å². The summed E-state index contributed by atoms with van der Waals surface area (Å²) in [7, 11) is 2.83. The Hall–Kier alpha value is -2.97. The van der Waals surface area contributed by atoms with E-state index in [1.807, 2.05) is 41.5 Å². The molecule has 31 heavy (non-hydrogen) atoms. The topological polar surface area (TPSA) is 110 Å². The van der Waals surface area contributed by atoms with Gasteiger partial charge in [-0.25, -0.2) is 14.6 Å². The number of carbonyl (C=O) groups is 2. The van der Waals surface area contributed by atoms with Gasteiger partial charge in [0.25, 0.3) is 0 Å². The number of guanidine groups is 1. The number of methoxy groups -OCH3 is 2. The van der Waals surface area contributed by atoms with E-state index in [-0.39, 0.29) is 0 Å². The van der Waals surface area contributed by atoms with E-state index in [2.05, 4.69) is 20.9 Å². The number of esters is 1. The number of hydrogen-bond donors (Lipinski definition) is 3. The SMILES string of the molecule is CCNC(=NCc1ccc(C(=O)OC)c(OC)c1)NCC(C)(C)NC(=O)OC(C)(C)C. The van der Waals surface area contributed by atoms with Gasteiger partial charge in [0.15, 0.2) is 5.96 Å². The summed E-state index contributed by atoms with van der Waals surface area (Å²) < 4.78 is 15.4. The van der Waals surface area contributed by atoms with Crippen LogP contribution in [0.15, 0.2) is 23.2 Å². The highest BCUT2D eigenvalue weighted by molar-refractivity contribution is 5.92. The third-order valence-corrected chi connectivity index (χ3v) is 3.97. The molecule has 0 unspecified atom stereocenters. The van der Waals surface area contributed by atoms with Crippen LogP contribution in [0.2, 0.25) is 0 Å². The lowest BCUT2D eigenvalue weighted by atomic mass is 10.1. The minimum Gasteiger partial charge on any atom is -0.496 e. The number of nitrogens with zero attached hydrogens (tertiary/aromatic N) is 1. The van der Waals surface area contributed by atoms with E-state index in [0.717, 1.165) is 5.56 Å². The zero-order valence-corrected chi connectivity index (χ0v) is 19.8. The summed E-state index contributed by atoms with van der Waals surface area (Å²) in [5.74, 6) is 0.569. The van der Waals surface area contributed by atoms with Crippen LogP contribution in [0.1, 0.15) is 57.5 Å². The zero-order chi connectivity index (χ0) is 23.7. The summed E-state index contributed by atoms with van der Waals surface area (Å²) in [5, 5.41) is 9.26. The summed E-state index contributed by atoms with van der Waals surface area (Å²) in [6.07, 6.45) is -0.473. The molecule has 0 fully saturated rings. The normalized spacial score (nSPS) is 12.1. The molecule has 0 atom stereocenters. The van der Waals surface area contributed by atoms with Gasteiger partial charge in [-0.15, -0.1) is 0 Å². The number of aliphatic imine (C=N–C) groups is 1. The van der Waals surface area contributed by atoms with Crippen LogP contribution in [0.5, 0.6) is 5.75 Å². The Bertz CT molecular complexity index is 785. The van der Waals surface area contributed by atoms with Crippen LogP contribution < -0.4 is 20.7 Å². The molecule has 0 bridgehead atoms. The third kappa shape index (κ3) is 9.59. The molecule has 1 rings (SSSR count). The Balaban J connectivity index is 2.81. The number of hydrogen-bond acceptors (Lipinski definition) is 6. The number of alkyl carbamates (subject to hydrolysis) is 1. The van der Waals surface area contributed by atoms with Crippen molar-refractivity contribution in [2.75, 3.05) is 27.3 Å². The van der Waals surface area contributed by atoms with Crippen LogP contribution >= 0.6 is 0 Å². The Labute approximate surface area is 184 Å². The van der Waals surface area contributed by atoms with E-state index in [4.69, 9.17) is 14.2 Å². The van der Waals surface area contributed by atoms with Crippen molar-refractivity contribution in [1.82, 2.24) is 16.0 Å². The predicted molar refractivity (Wildman–Crippen MR) is 121 cm³/mol. The molecule has 1 aromatic rings. The average Bonchev–Trinajstić information content (AvgIpc) is 2.67. The van der Waals surface area contributed by atoms with Gasteiger partial charge in [0.1, 0.15) is 16.9 Å². The predicted octanol–water partition coefficient (Wildman–Crippen LogP) is 2.84. The third-order valence-electron chi connectivity index (χ3n) is 3.97. The summed E-state index contributed by atoms with van der Waals surface area (Å²) >= 11 is 0. The average molecular weight is 437 g/mol. The highest BCUT2D eigenvalue weighted by Gasteiger charge is 2.24. The summed E-state index contributed by atoms with van der Waals surface area (Å²) in [6, 6.07) is 5.22. The minimum atomic E-state index is -0.566. The summed E-state index contributed by atoms with van der Waals surface area (Å²) in [5.41, 5.74) is 0.101. The van der Waals surface area contributed by atoms with Crippen LogP contribution in [0, 0.1) is 0 Å². The van der Waals surface area contributed by atoms with Crippen molar-refractivity contribution in [3.8, 4) is 5.75 Å². The van der Waals surface area contributed by atoms with Crippen molar-refractivity contribution in [1.29, 1.82) is 0 Å². The molecule has 3 N–H and O–H groups in total. The number of amides is 1. The van der Waals surface area contributed by atoms with E-state index in [9.17, 15) is 9.59 Å². The molecule has 0 aliphatic carbocycles. The highest BCUT2D eigenvalue weighted by Crippen LogP contribution is 2.21. The molecule has 0 aromatic heterocycles. The van der Waals surface area contributed by atoms with Crippen molar-refractivity contribution in [2.45, 2.75) is 59.2 Å². The Morgan fingerprint density at radius 2 is 1.74 bits per heavy atom. The van der Waals surface area contributed by atoms with Crippen molar-refractivity contribution in [2.24, 2.45) is 4.99 Å². The largest absolute Gasteiger partial charge is 0.496 e. The molecule has 0 heterocycles. The van der Waals surface area contributed by atoms with Crippen LogP contribution in [0.25, 0.3) is 0 Å². The van der Waals surface area contributed by atoms with Gasteiger partial charge in [0, 0.05) is 13.1 Å². The maximum absolute atomic E-state index is 12.1. The molecule has 0 aliphatic rings. The molecule has 0 spiro atoms. The number of nitrogens with one attached hydrogen (secondary N) is 3. The molecule has 0 saturated heterocycles. The first kappa shape index (κ1) is 26.1. The lowest BCUT2D eigenvalue weighted by molar-refractivity contribution is 0.0473. The second kappa shape index (κ2) is 11.4. The smallest absolute Gasteiger partial charge is 0.408 e. The second-order valence-electron chi connectivity index (χ2n) is 8.59. The van der Waals surface area contributed by atoms with Gasteiger partial charge in [0.05, 0.1) is 26.3 Å². The monoisotopic (exact) mass is 436 g/mol. The van der Waals surface area contributed by atoms with E-state index < -0.39 is 23.2 Å². The van der Waals surface area contributed by atoms with Gasteiger partial charge in [-0.05, 0) is 59.2 Å². The molecule has 9 heteroatoms. The van der Waals surface area contributed by atoms with Gasteiger partial charge in [-0.2, -0.15) is 0 Å². The Kier molecular flexibility index (Phi) is 9.61. The number of rotatable bonds is 8. The molecule has 0 aliphatic heterocycles. The molecule has 0 radical (unpaired) electrons. The van der Waals surface area contributed by atoms with E-state index in [0.29, 0.717) is 36.9 Å². The first-order chi connectivity index (χ1) is 14.4. The van der Waals surface area contributed by atoms with Crippen molar-refractivity contribution >= 4 is 18.0 Å². The van der Waals surface area contributed by atoms with Crippen molar-refractivity contribution in [3.05, 3.63) is 29.3 Å². The zero-order valence-electron chi connectivity index (χ0n) is 19.8. The van der Waals surface area contributed by atoms with Gasteiger partial charge in [0.2, 0.25) is 0 Å². The number of benzene rings is 1. The Morgan fingerprint density at radius 1 is 1.06 bits per heavy atom. The molecular weight excluding hydrogens is 400 g/mol. The fourth-order valence-corrected chi connectivity index (χ4v) is 2.55. The standard InChI is InChI=1S/C22H36N4O5/c1-9-23-19(25-14-22(5,6)26-20(28)31-21(2,3)4)24-13-15-10-11-16(18(27)30-8)17(12-15)29-7/h10-12H,9,13-14H2,1-8H3,(H,26,28)(H2,23,24,25). The number of carbonyl (C=O) groups excluding carboxylic acids is 2. The van der Waals surface area contributed by atoms with Crippen LogP contribution in [0.3, 0.4) is 0 Å². The minimum absolute atomic E-state index is 0.359. The van der Waals surface area contributed by atoms with Crippen molar-refractivity contribution < 1.29 is 23.8 Å². The molecule has 174 valence electrons. The van der Waals surface area contributed by atoms with E-state index in [1.165, 1.54) is 14.2 Å². The molecular formula is C22H36N4O5. The van der Waals surface area contributed by atoms with Crippen LogP contribution in [0.4, 0.5) is 4.79 Å². The summed E-state index contributed by atoms with van der Waals surface area (Å²) in [6.45, 7) is 12.7. The van der Waals surface area contributed by atoms with Gasteiger partial charge in [-0.3, -0.25) is 0 Å². The van der Waals surface area contributed by atoms with E-state index >= 15 is 0 Å².